The maximum absolute atomic E-state index is 13.3. The van der Waals surface area contributed by atoms with Crippen LogP contribution in [0.1, 0.15) is 27.0 Å². The van der Waals surface area contributed by atoms with E-state index in [0.29, 0.717) is 28.0 Å². The van der Waals surface area contributed by atoms with Gasteiger partial charge in [-0.05, 0) is 60.0 Å². The van der Waals surface area contributed by atoms with Gasteiger partial charge in [-0.3, -0.25) is 9.59 Å². The molecule has 0 unspecified atom stereocenters. The van der Waals surface area contributed by atoms with E-state index in [4.69, 9.17) is 11.6 Å². The number of aromatic hydroxyl groups is 1. The Hall–Kier alpha value is -3.37. The smallest absolute Gasteiger partial charge is 0.265 e. The van der Waals surface area contributed by atoms with Crippen molar-refractivity contribution in [3.63, 3.8) is 0 Å². The number of phenolic OH excluding ortho intramolecular Hbond substituents is 1. The van der Waals surface area contributed by atoms with Gasteiger partial charge in [-0.1, -0.05) is 48.0 Å². The molecule has 3 aromatic rings. The van der Waals surface area contributed by atoms with Crippen molar-refractivity contribution in [2.24, 2.45) is 0 Å². The molecule has 2 amide bonds. The number of rotatable bonds is 2. The molecule has 138 valence electrons. The number of anilines is 1. The maximum Gasteiger partial charge on any atom is 0.265 e. The summed E-state index contributed by atoms with van der Waals surface area (Å²) in [5, 5.41) is 9.83. The van der Waals surface area contributed by atoms with Crippen molar-refractivity contribution in [1.29, 1.82) is 0 Å². The molecule has 0 aromatic heterocycles. The number of carbonyl (C=O) groups excluding carboxylic acids is 2. The number of fused-ring (bicyclic) bond motifs is 1. The molecule has 0 bridgehead atoms. The van der Waals surface area contributed by atoms with Crippen LogP contribution in [-0.4, -0.2) is 16.9 Å². The number of aryl methyl sites for hydroxylation is 1. The Morgan fingerprint density at radius 3 is 2.36 bits per heavy atom. The van der Waals surface area contributed by atoms with Crippen molar-refractivity contribution in [3.05, 3.63) is 94.0 Å². The zero-order chi connectivity index (χ0) is 19.8. The number of nitrogens with zero attached hydrogens (tertiary/aromatic N) is 1. The molecule has 0 radical (unpaired) electrons. The summed E-state index contributed by atoms with van der Waals surface area (Å²) >= 11 is 6.00. The molecule has 5 heteroatoms. The first-order valence-electron chi connectivity index (χ1n) is 8.71. The Morgan fingerprint density at radius 1 is 0.893 bits per heavy atom. The number of halogens is 1. The summed E-state index contributed by atoms with van der Waals surface area (Å²) in [6.07, 6.45) is 1.68. The second-order valence-electron chi connectivity index (χ2n) is 6.60. The number of hydrogen-bond donors (Lipinski definition) is 1. The third-order valence-electron chi connectivity index (χ3n) is 4.63. The highest BCUT2D eigenvalue weighted by Crippen LogP contribution is 2.34. The molecule has 1 aliphatic rings. The minimum Gasteiger partial charge on any atom is -0.506 e. The molecule has 0 fully saturated rings. The monoisotopic (exact) mass is 389 g/mol. The van der Waals surface area contributed by atoms with Gasteiger partial charge in [-0.2, -0.15) is 0 Å². The van der Waals surface area contributed by atoms with Gasteiger partial charge in [0.25, 0.3) is 11.8 Å². The quantitative estimate of drug-likeness (QED) is 0.491. The van der Waals surface area contributed by atoms with Crippen LogP contribution in [0.3, 0.4) is 0 Å². The fourth-order valence-corrected chi connectivity index (χ4v) is 3.46. The fourth-order valence-electron chi connectivity index (χ4n) is 3.27. The standard InChI is InChI=1S/C23H16ClNO3/c1-14-5-4-6-16(11-14)25-22(27)18-8-3-2-7-17(18)19(23(25)28)12-15-9-10-21(26)20(24)13-15/h2-13,26H,1H3. The Morgan fingerprint density at radius 2 is 1.64 bits per heavy atom. The Labute approximate surface area is 167 Å². The third kappa shape index (κ3) is 3.08. The first-order chi connectivity index (χ1) is 13.5. The number of phenols is 1. The zero-order valence-electron chi connectivity index (χ0n) is 15.0. The van der Waals surface area contributed by atoms with Crippen LogP contribution in [0.5, 0.6) is 5.75 Å². The summed E-state index contributed by atoms with van der Waals surface area (Å²) in [6, 6.07) is 19.0. The lowest BCUT2D eigenvalue weighted by Gasteiger charge is -2.29. The van der Waals surface area contributed by atoms with Gasteiger partial charge in [0.2, 0.25) is 0 Å². The van der Waals surface area contributed by atoms with Crippen molar-refractivity contribution in [1.82, 2.24) is 0 Å². The van der Waals surface area contributed by atoms with E-state index in [1.165, 1.54) is 11.0 Å². The Kier molecular flexibility index (Phi) is 4.49. The molecular formula is C23H16ClNO3. The van der Waals surface area contributed by atoms with Crippen molar-refractivity contribution in [3.8, 4) is 5.75 Å². The van der Waals surface area contributed by atoms with Gasteiger partial charge in [0.15, 0.2) is 0 Å². The number of carbonyl (C=O) groups is 2. The number of benzene rings is 3. The van der Waals surface area contributed by atoms with Crippen LogP contribution in [0.4, 0.5) is 5.69 Å². The second-order valence-corrected chi connectivity index (χ2v) is 7.01. The topological polar surface area (TPSA) is 57.6 Å². The summed E-state index contributed by atoms with van der Waals surface area (Å²) < 4.78 is 0. The van der Waals surface area contributed by atoms with Crippen LogP contribution in [0, 0.1) is 6.92 Å². The lowest BCUT2D eigenvalue weighted by atomic mass is 9.91. The van der Waals surface area contributed by atoms with Crippen molar-refractivity contribution in [2.45, 2.75) is 6.92 Å². The zero-order valence-corrected chi connectivity index (χ0v) is 15.8. The summed E-state index contributed by atoms with van der Waals surface area (Å²) in [5.74, 6) is -0.790. The second kappa shape index (κ2) is 6.98. The molecule has 1 heterocycles. The molecule has 0 atom stereocenters. The maximum atomic E-state index is 13.3. The van der Waals surface area contributed by atoms with Crippen LogP contribution < -0.4 is 4.90 Å². The van der Waals surface area contributed by atoms with Crippen molar-refractivity contribution in [2.75, 3.05) is 4.90 Å². The van der Waals surface area contributed by atoms with Gasteiger partial charge in [-0.25, -0.2) is 4.90 Å². The molecule has 0 saturated heterocycles. The summed E-state index contributed by atoms with van der Waals surface area (Å²) in [4.78, 5) is 27.6. The minimum atomic E-state index is -0.404. The Balaban J connectivity index is 1.91. The van der Waals surface area contributed by atoms with Gasteiger partial charge >= 0.3 is 0 Å². The molecule has 4 nitrogen and oxygen atoms in total. The SMILES string of the molecule is Cc1cccc(N2C(=O)C(=Cc3ccc(O)c(Cl)c3)c3ccccc3C2=O)c1. The highest BCUT2D eigenvalue weighted by Gasteiger charge is 2.35. The summed E-state index contributed by atoms with van der Waals surface area (Å²) in [7, 11) is 0. The predicted octanol–water partition coefficient (Wildman–Crippen LogP) is 5.08. The lowest BCUT2D eigenvalue weighted by molar-refractivity contribution is -0.112. The predicted molar refractivity (Wildman–Crippen MR) is 110 cm³/mol. The largest absolute Gasteiger partial charge is 0.506 e. The van der Waals surface area contributed by atoms with Crippen LogP contribution >= 0.6 is 11.6 Å². The normalized spacial score (nSPS) is 15.1. The number of amides is 2. The van der Waals surface area contributed by atoms with Crippen LogP contribution in [-0.2, 0) is 4.79 Å². The molecule has 3 aromatic carbocycles. The van der Waals surface area contributed by atoms with Gasteiger partial charge in [0.1, 0.15) is 5.75 Å². The summed E-state index contributed by atoms with van der Waals surface area (Å²) in [6.45, 7) is 1.91. The first-order valence-corrected chi connectivity index (χ1v) is 9.08. The van der Waals surface area contributed by atoms with Gasteiger partial charge in [0, 0.05) is 11.1 Å². The molecule has 28 heavy (non-hydrogen) atoms. The molecule has 1 aliphatic heterocycles. The van der Waals surface area contributed by atoms with Crippen LogP contribution in [0.15, 0.2) is 66.7 Å². The number of hydrogen-bond acceptors (Lipinski definition) is 3. The molecule has 0 spiro atoms. The van der Waals surface area contributed by atoms with E-state index in [2.05, 4.69) is 0 Å². The molecule has 4 rings (SSSR count). The Bertz CT molecular complexity index is 1150. The first kappa shape index (κ1) is 18.0. The van der Waals surface area contributed by atoms with E-state index in [-0.39, 0.29) is 16.7 Å². The fraction of sp³-hybridized carbons (Fsp3) is 0.0435. The van der Waals surface area contributed by atoms with Crippen molar-refractivity contribution < 1.29 is 14.7 Å². The van der Waals surface area contributed by atoms with E-state index < -0.39 is 5.91 Å². The van der Waals surface area contributed by atoms with Gasteiger partial charge in [0.05, 0.1) is 10.7 Å². The van der Waals surface area contributed by atoms with E-state index in [1.807, 2.05) is 19.1 Å². The van der Waals surface area contributed by atoms with Gasteiger partial charge in [-0.15, -0.1) is 0 Å². The molecule has 0 saturated carbocycles. The number of imide groups is 1. The highest BCUT2D eigenvalue weighted by atomic mass is 35.5. The average molecular weight is 390 g/mol. The molecule has 0 aliphatic carbocycles. The lowest BCUT2D eigenvalue weighted by Crippen LogP contribution is -2.41. The van der Waals surface area contributed by atoms with E-state index in [1.54, 1.807) is 54.6 Å². The van der Waals surface area contributed by atoms with E-state index in [0.717, 1.165) is 5.56 Å². The highest BCUT2D eigenvalue weighted by molar-refractivity contribution is 6.43. The minimum absolute atomic E-state index is 0.0317. The molecular weight excluding hydrogens is 374 g/mol. The van der Waals surface area contributed by atoms with Gasteiger partial charge < -0.3 is 5.11 Å². The van der Waals surface area contributed by atoms with Crippen LogP contribution in [0.2, 0.25) is 5.02 Å². The van der Waals surface area contributed by atoms with Crippen LogP contribution in [0.25, 0.3) is 11.6 Å². The van der Waals surface area contributed by atoms with Crippen molar-refractivity contribution >= 4 is 40.8 Å². The van der Waals surface area contributed by atoms with E-state index >= 15 is 0 Å². The third-order valence-corrected chi connectivity index (χ3v) is 4.93. The average Bonchev–Trinajstić information content (AvgIpc) is 2.68. The molecule has 1 N–H and O–H groups in total. The van der Waals surface area contributed by atoms with E-state index in [9.17, 15) is 14.7 Å². The summed E-state index contributed by atoms with van der Waals surface area (Å²) in [5.41, 5.74) is 3.55.